The highest BCUT2D eigenvalue weighted by Crippen LogP contribution is 2.35. The van der Waals surface area contributed by atoms with Gasteiger partial charge in [-0.15, -0.1) is 0 Å². The fraction of sp³-hybridized carbons (Fsp3) is 0.261. The van der Waals surface area contributed by atoms with Gasteiger partial charge in [0.25, 0.3) is 0 Å². The summed E-state index contributed by atoms with van der Waals surface area (Å²) in [6.07, 6.45) is 4.29. The number of anilines is 1. The Kier molecular flexibility index (Phi) is 6.08. The van der Waals surface area contributed by atoms with Crippen molar-refractivity contribution in [2.45, 2.75) is 31.7 Å². The summed E-state index contributed by atoms with van der Waals surface area (Å²) < 4.78 is 14.5. The maximum absolute atomic E-state index is 13.5. The number of rotatable bonds is 6. The molecular weight excluding hydrogens is 449 g/mol. The second kappa shape index (κ2) is 8.92. The van der Waals surface area contributed by atoms with Crippen LogP contribution in [-0.4, -0.2) is 27.6 Å². The lowest BCUT2D eigenvalue weighted by Gasteiger charge is -2.25. The first-order chi connectivity index (χ1) is 14.5. The monoisotopic (exact) mass is 469 g/mol. The van der Waals surface area contributed by atoms with Crippen LogP contribution in [-0.2, 0) is 12.8 Å². The molecule has 4 rings (SSSR count). The van der Waals surface area contributed by atoms with Crippen LogP contribution in [0.5, 0.6) is 0 Å². The first-order valence-corrected chi connectivity index (χ1v) is 10.7. The predicted molar refractivity (Wildman–Crippen MR) is 116 cm³/mol. The van der Waals surface area contributed by atoms with Crippen molar-refractivity contribution < 1.29 is 14.3 Å². The normalized spacial score (nSPS) is 16.1. The molecule has 0 aliphatic carbocycles. The van der Waals surface area contributed by atoms with E-state index >= 15 is 0 Å². The van der Waals surface area contributed by atoms with Crippen molar-refractivity contribution >= 4 is 27.8 Å². The number of halogens is 2. The summed E-state index contributed by atoms with van der Waals surface area (Å²) in [5, 5.41) is 9.56. The molecular formula is C23H21BrFN3O2. The van der Waals surface area contributed by atoms with E-state index in [-0.39, 0.29) is 17.4 Å². The summed E-state index contributed by atoms with van der Waals surface area (Å²) in [4.78, 5) is 22.8. The molecule has 1 saturated heterocycles. The van der Waals surface area contributed by atoms with Gasteiger partial charge >= 0.3 is 5.97 Å². The standard InChI is InChI=1S/C23H21BrFN3O2/c24-17-6-2-5-16(13-17)21-8-3-11-28(21)23-26-14-19(22(29)30)20(27-23)10-9-15-4-1-7-18(25)12-15/h1-2,4-7,12-14,21H,3,8-11H2,(H,29,30)/t21-/m1/s1. The van der Waals surface area contributed by atoms with Gasteiger partial charge in [-0.3, -0.25) is 0 Å². The van der Waals surface area contributed by atoms with Gasteiger partial charge < -0.3 is 10.0 Å². The zero-order valence-electron chi connectivity index (χ0n) is 16.3. The van der Waals surface area contributed by atoms with Crippen LogP contribution in [0.3, 0.4) is 0 Å². The van der Waals surface area contributed by atoms with Crippen LogP contribution >= 0.6 is 15.9 Å². The summed E-state index contributed by atoms with van der Waals surface area (Å²) in [7, 11) is 0. The van der Waals surface area contributed by atoms with Crippen molar-refractivity contribution in [2.24, 2.45) is 0 Å². The lowest BCUT2D eigenvalue weighted by molar-refractivity contribution is 0.0694. The zero-order chi connectivity index (χ0) is 21.1. The van der Waals surface area contributed by atoms with E-state index in [1.165, 1.54) is 23.9 Å². The number of carboxylic acids is 1. The molecule has 1 aliphatic heterocycles. The number of benzene rings is 2. The van der Waals surface area contributed by atoms with Crippen LogP contribution in [0.2, 0.25) is 0 Å². The molecule has 2 heterocycles. The Balaban J connectivity index is 1.62. The number of carbonyl (C=O) groups is 1. The van der Waals surface area contributed by atoms with Gasteiger partial charge in [-0.1, -0.05) is 40.2 Å². The second-order valence-electron chi connectivity index (χ2n) is 7.37. The molecule has 1 fully saturated rings. The minimum Gasteiger partial charge on any atom is -0.478 e. The van der Waals surface area contributed by atoms with Crippen LogP contribution in [0.4, 0.5) is 10.3 Å². The molecule has 1 aromatic heterocycles. The molecule has 5 nitrogen and oxygen atoms in total. The van der Waals surface area contributed by atoms with Crippen LogP contribution in [0.1, 0.15) is 46.1 Å². The van der Waals surface area contributed by atoms with Crippen LogP contribution in [0.25, 0.3) is 0 Å². The Hall–Kier alpha value is -2.80. The fourth-order valence-electron chi connectivity index (χ4n) is 3.94. The Morgan fingerprint density at radius 2 is 2.03 bits per heavy atom. The first-order valence-electron chi connectivity index (χ1n) is 9.87. The molecule has 7 heteroatoms. The van der Waals surface area contributed by atoms with Gasteiger partial charge in [0.15, 0.2) is 0 Å². The predicted octanol–water partition coefficient (Wildman–Crippen LogP) is 5.20. The number of aryl methyl sites for hydroxylation is 2. The van der Waals surface area contributed by atoms with Crippen LogP contribution in [0, 0.1) is 5.82 Å². The number of nitrogens with zero attached hydrogens (tertiary/aromatic N) is 3. The molecule has 0 radical (unpaired) electrons. The van der Waals surface area contributed by atoms with E-state index in [1.54, 1.807) is 6.07 Å². The topological polar surface area (TPSA) is 66.3 Å². The quantitative estimate of drug-likeness (QED) is 0.536. The Morgan fingerprint density at radius 3 is 2.80 bits per heavy atom. The lowest BCUT2D eigenvalue weighted by atomic mass is 10.0. The molecule has 0 saturated carbocycles. The molecule has 154 valence electrons. The SMILES string of the molecule is O=C(O)c1cnc(N2CCC[C@@H]2c2cccc(Br)c2)nc1CCc1cccc(F)c1. The van der Waals surface area contributed by atoms with E-state index in [0.717, 1.165) is 29.4 Å². The minimum atomic E-state index is -1.05. The summed E-state index contributed by atoms with van der Waals surface area (Å²) in [5.41, 5.74) is 2.54. The van der Waals surface area contributed by atoms with Gasteiger partial charge in [-0.2, -0.15) is 0 Å². The van der Waals surface area contributed by atoms with E-state index in [0.29, 0.717) is 24.5 Å². The summed E-state index contributed by atoms with van der Waals surface area (Å²) in [5.74, 6) is -0.819. The Bertz CT molecular complexity index is 1080. The second-order valence-corrected chi connectivity index (χ2v) is 8.29. The van der Waals surface area contributed by atoms with Crippen molar-refractivity contribution in [3.63, 3.8) is 0 Å². The molecule has 1 atom stereocenters. The summed E-state index contributed by atoms with van der Waals surface area (Å²) in [6, 6.07) is 14.7. The fourth-order valence-corrected chi connectivity index (χ4v) is 4.35. The van der Waals surface area contributed by atoms with Crippen molar-refractivity contribution in [3.05, 3.63) is 87.4 Å². The summed E-state index contributed by atoms with van der Waals surface area (Å²) in [6.45, 7) is 0.812. The van der Waals surface area contributed by atoms with E-state index < -0.39 is 5.97 Å². The molecule has 3 aromatic rings. The number of aromatic carboxylic acids is 1. The molecule has 1 N–H and O–H groups in total. The highest BCUT2D eigenvalue weighted by Gasteiger charge is 2.29. The first kappa shape index (κ1) is 20.5. The third-order valence-corrected chi connectivity index (χ3v) is 5.86. The number of hydrogen-bond donors (Lipinski definition) is 1. The van der Waals surface area contributed by atoms with Gasteiger partial charge in [0.05, 0.1) is 17.3 Å². The van der Waals surface area contributed by atoms with Gasteiger partial charge in [-0.25, -0.2) is 19.2 Å². The van der Waals surface area contributed by atoms with E-state index in [9.17, 15) is 14.3 Å². The Labute approximate surface area is 182 Å². The highest BCUT2D eigenvalue weighted by molar-refractivity contribution is 9.10. The molecule has 0 spiro atoms. The van der Waals surface area contributed by atoms with Crippen LogP contribution < -0.4 is 4.90 Å². The van der Waals surface area contributed by atoms with Gasteiger partial charge in [0.1, 0.15) is 5.82 Å². The molecule has 30 heavy (non-hydrogen) atoms. The molecule has 0 bridgehead atoms. The van der Waals surface area contributed by atoms with Gasteiger partial charge in [-0.05, 0) is 61.1 Å². The van der Waals surface area contributed by atoms with Crippen molar-refractivity contribution in [3.8, 4) is 0 Å². The molecule has 0 unspecified atom stereocenters. The van der Waals surface area contributed by atoms with Crippen LogP contribution in [0.15, 0.2) is 59.2 Å². The van der Waals surface area contributed by atoms with E-state index in [1.807, 2.05) is 18.2 Å². The van der Waals surface area contributed by atoms with Crippen molar-refractivity contribution in [1.29, 1.82) is 0 Å². The van der Waals surface area contributed by atoms with Gasteiger partial charge in [0.2, 0.25) is 5.95 Å². The van der Waals surface area contributed by atoms with Crippen molar-refractivity contribution in [1.82, 2.24) is 9.97 Å². The highest BCUT2D eigenvalue weighted by atomic mass is 79.9. The van der Waals surface area contributed by atoms with E-state index in [4.69, 9.17) is 0 Å². The molecule has 0 amide bonds. The molecule has 1 aliphatic rings. The maximum atomic E-state index is 13.5. The minimum absolute atomic E-state index is 0.0911. The third kappa shape index (κ3) is 4.51. The number of aromatic nitrogens is 2. The Morgan fingerprint density at radius 1 is 1.20 bits per heavy atom. The number of hydrogen-bond acceptors (Lipinski definition) is 4. The summed E-state index contributed by atoms with van der Waals surface area (Å²) >= 11 is 3.53. The molecule has 2 aromatic carbocycles. The zero-order valence-corrected chi connectivity index (χ0v) is 17.8. The largest absolute Gasteiger partial charge is 0.478 e. The smallest absolute Gasteiger partial charge is 0.339 e. The third-order valence-electron chi connectivity index (χ3n) is 5.37. The average Bonchev–Trinajstić information content (AvgIpc) is 3.22. The van der Waals surface area contributed by atoms with Crippen molar-refractivity contribution in [2.75, 3.05) is 11.4 Å². The van der Waals surface area contributed by atoms with E-state index in [2.05, 4.69) is 42.9 Å². The lowest BCUT2D eigenvalue weighted by Crippen LogP contribution is -2.25. The maximum Gasteiger partial charge on any atom is 0.339 e. The average molecular weight is 470 g/mol. The van der Waals surface area contributed by atoms with Gasteiger partial charge in [0, 0.05) is 17.2 Å². The number of carboxylic acid groups (broad SMARTS) is 1.